The van der Waals surface area contributed by atoms with Gasteiger partial charge in [0, 0.05) is 28.7 Å². The molecule has 6 heteroatoms. The van der Waals surface area contributed by atoms with Gasteiger partial charge in [0.15, 0.2) is 0 Å². The van der Waals surface area contributed by atoms with Gasteiger partial charge in [-0.05, 0) is 35.9 Å². The van der Waals surface area contributed by atoms with Crippen molar-refractivity contribution in [1.82, 2.24) is 4.57 Å². The third-order valence-corrected chi connectivity index (χ3v) is 4.93. The number of urea groups is 1. The maximum absolute atomic E-state index is 13.1. The first-order valence-electron chi connectivity index (χ1n) is 9.05. The number of aryl methyl sites for hydroxylation is 1. The number of para-hydroxylation sites is 1. The van der Waals surface area contributed by atoms with Gasteiger partial charge in [0.1, 0.15) is 5.69 Å². The van der Waals surface area contributed by atoms with Gasteiger partial charge in [-0.3, -0.25) is 4.79 Å². The number of nitrogens with zero attached hydrogens (tertiary/aromatic N) is 1. The molecule has 0 saturated carbocycles. The summed E-state index contributed by atoms with van der Waals surface area (Å²) >= 11 is 6.25. The molecule has 1 heterocycles. The van der Waals surface area contributed by atoms with Crippen molar-refractivity contribution in [1.29, 1.82) is 0 Å². The largest absolute Gasteiger partial charge is 0.323 e. The Balaban J connectivity index is 1.89. The van der Waals surface area contributed by atoms with E-state index in [0.29, 0.717) is 16.3 Å². The SMILES string of the molecule is Cn1c(=O)c(NC(=O)Nc2ccccc2)c(-c2ccccc2)c2cc(Cl)ccc21. The van der Waals surface area contributed by atoms with Crippen LogP contribution in [0.15, 0.2) is 83.7 Å². The Labute approximate surface area is 172 Å². The number of nitrogens with one attached hydrogen (secondary N) is 2. The summed E-state index contributed by atoms with van der Waals surface area (Å²) in [6.45, 7) is 0. The second-order valence-corrected chi connectivity index (χ2v) is 7.02. The molecule has 2 amide bonds. The Morgan fingerprint density at radius 1 is 0.897 bits per heavy atom. The Morgan fingerprint density at radius 2 is 1.55 bits per heavy atom. The molecule has 0 saturated heterocycles. The topological polar surface area (TPSA) is 63.1 Å². The molecule has 0 atom stereocenters. The smallest absolute Gasteiger partial charge is 0.310 e. The lowest BCUT2D eigenvalue weighted by Gasteiger charge is -2.17. The van der Waals surface area contributed by atoms with Crippen LogP contribution in [0.3, 0.4) is 0 Å². The zero-order chi connectivity index (χ0) is 20.4. The predicted molar refractivity (Wildman–Crippen MR) is 119 cm³/mol. The van der Waals surface area contributed by atoms with E-state index >= 15 is 0 Å². The standard InChI is InChI=1S/C23H18ClN3O2/c1-27-19-13-12-16(24)14-18(19)20(15-8-4-2-5-9-15)21(22(27)28)26-23(29)25-17-10-6-3-7-11-17/h2-14H,1H3,(H2,25,26,29). The fraction of sp³-hybridized carbons (Fsp3) is 0.0435. The number of pyridine rings is 1. The second kappa shape index (κ2) is 7.81. The molecule has 4 aromatic rings. The van der Waals surface area contributed by atoms with Crippen LogP contribution in [0.5, 0.6) is 0 Å². The van der Waals surface area contributed by atoms with Gasteiger partial charge in [-0.25, -0.2) is 4.79 Å². The summed E-state index contributed by atoms with van der Waals surface area (Å²) in [6.07, 6.45) is 0. The summed E-state index contributed by atoms with van der Waals surface area (Å²) in [5.74, 6) is 0. The number of carbonyl (C=O) groups excluding carboxylic acids is 1. The van der Waals surface area contributed by atoms with Crippen molar-refractivity contribution in [3.05, 3.63) is 94.2 Å². The van der Waals surface area contributed by atoms with Crippen LogP contribution in [-0.2, 0) is 7.05 Å². The molecule has 0 radical (unpaired) electrons. The molecule has 29 heavy (non-hydrogen) atoms. The van der Waals surface area contributed by atoms with Crippen LogP contribution in [0.25, 0.3) is 22.0 Å². The van der Waals surface area contributed by atoms with Crippen LogP contribution in [0, 0.1) is 0 Å². The van der Waals surface area contributed by atoms with Crippen LogP contribution in [0.2, 0.25) is 5.02 Å². The Morgan fingerprint density at radius 3 is 2.24 bits per heavy atom. The van der Waals surface area contributed by atoms with E-state index in [0.717, 1.165) is 16.5 Å². The van der Waals surface area contributed by atoms with Gasteiger partial charge in [0.05, 0.1) is 5.52 Å². The first-order valence-corrected chi connectivity index (χ1v) is 9.43. The molecule has 4 rings (SSSR count). The van der Waals surface area contributed by atoms with Crippen LogP contribution in [-0.4, -0.2) is 10.6 Å². The normalized spacial score (nSPS) is 10.7. The lowest BCUT2D eigenvalue weighted by Crippen LogP contribution is -2.28. The van der Waals surface area contributed by atoms with Gasteiger partial charge in [-0.1, -0.05) is 60.1 Å². The van der Waals surface area contributed by atoms with E-state index < -0.39 is 6.03 Å². The fourth-order valence-corrected chi connectivity index (χ4v) is 3.51. The number of hydrogen-bond donors (Lipinski definition) is 2. The molecule has 0 spiro atoms. The van der Waals surface area contributed by atoms with Gasteiger partial charge in [0.2, 0.25) is 0 Å². The van der Waals surface area contributed by atoms with E-state index in [1.807, 2.05) is 48.5 Å². The van der Waals surface area contributed by atoms with E-state index in [2.05, 4.69) is 10.6 Å². The molecule has 0 aliphatic heterocycles. The van der Waals surface area contributed by atoms with Crippen LogP contribution in [0.1, 0.15) is 0 Å². The molecular weight excluding hydrogens is 386 g/mol. The number of benzene rings is 3. The number of halogens is 1. The van der Waals surface area contributed by atoms with Crippen LogP contribution in [0.4, 0.5) is 16.2 Å². The maximum atomic E-state index is 13.1. The highest BCUT2D eigenvalue weighted by atomic mass is 35.5. The van der Waals surface area contributed by atoms with Crippen LogP contribution >= 0.6 is 11.6 Å². The average Bonchev–Trinajstić information content (AvgIpc) is 2.73. The minimum Gasteiger partial charge on any atom is -0.310 e. The zero-order valence-electron chi connectivity index (χ0n) is 15.6. The summed E-state index contributed by atoms with van der Waals surface area (Å²) in [4.78, 5) is 25.8. The Bertz CT molecular complexity index is 1250. The fourth-order valence-electron chi connectivity index (χ4n) is 3.34. The monoisotopic (exact) mass is 403 g/mol. The summed E-state index contributed by atoms with van der Waals surface area (Å²) in [5, 5.41) is 6.83. The van der Waals surface area contributed by atoms with Gasteiger partial charge >= 0.3 is 6.03 Å². The lowest BCUT2D eigenvalue weighted by atomic mass is 9.99. The molecule has 2 N–H and O–H groups in total. The van der Waals surface area contributed by atoms with Gasteiger partial charge in [-0.15, -0.1) is 0 Å². The number of rotatable bonds is 3. The highest BCUT2D eigenvalue weighted by Gasteiger charge is 2.19. The van der Waals surface area contributed by atoms with Gasteiger partial charge < -0.3 is 15.2 Å². The number of amides is 2. The van der Waals surface area contributed by atoms with Gasteiger partial charge in [-0.2, -0.15) is 0 Å². The molecule has 0 aliphatic rings. The minimum absolute atomic E-state index is 0.196. The molecule has 1 aromatic heterocycles. The molecule has 0 unspecified atom stereocenters. The van der Waals surface area contributed by atoms with Gasteiger partial charge in [0.25, 0.3) is 5.56 Å². The van der Waals surface area contributed by atoms with Crippen molar-refractivity contribution < 1.29 is 4.79 Å². The molecular formula is C23H18ClN3O2. The third kappa shape index (κ3) is 3.73. The molecule has 0 bridgehead atoms. The van der Waals surface area contributed by atoms with Crippen molar-refractivity contribution >= 4 is 39.9 Å². The van der Waals surface area contributed by atoms with E-state index in [1.54, 1.807) is 37.4 Å². The van der Waals surface area contributed by atoms with Crippen LogP contribution < -0.4 is 16.2 Å². The van der Waals surface area contributed by atoms with Crippen molar-refractivity contribution in [2.45, 2.75) is 0 Å². The Kier molecular flexibility index (Phi) is 5.06. The number of hydrogen-bond acceptors (Lipinski definition) is 2. The predicted octanol–water partition coefficient (Wildman–Crippen LogP) is 5.50. The van der Waals surface area contributed by atoms with E-state index in [1.165, 1.54) is 4.57 Å². The average molecular weight is 404 g/mol. The molecule has 5 nitrogen and oxygen atoms in total. The number of aromatic nitrogens is 1. The van der Waals surface area contributed by atoms with Crippen molar-refractivity contribution in [3.63, 3.8) is 0 Å². The third-order valence-electron chi connectivity index (χ3n) is 4.69. The highest BCUT2D eigenvalue weighted by molar-refractivity contribution is 6.31. The van der Waals surface area contributed by atoms with E-state index in [-0.39, 0.29) is 11.2 Å². The first kappa shape index (κ1) is 18.8. The van der Waals surface area contributed by atoms with Crippen molar-refractivity contribution in [2.75, 3.05) is 10.6 Å². The summed E-state index contributed by atoms with van der Waals surface area (Å²) in [6, 6.07) is 23.4. The molecule has 3 aromatic carbocycles. The number of carbonyl (C=O) groups is 1. The summed E-state index contributed by atoms with van der Waals surface area (Å²) in [7, 11) is 1.67. The number of fused-ring (bicyclic) bond motifs is 1. The van der Waals surface area contributed by atoms with Crippen molar-refractivity contribution in [2.24, 2.45) is 7.05 Å². The van der Waals surface area contributed by atoms with Crippen molar-refractivity contribution in [3.8, 4) is 11.1 Å². The molecule has 0 fully saturated rings. The lowest BCUT2D eigenvalue weighted by molar-refractivity contribution is 0.262. The quantitative estimate of drug-likeness (QED) is 0.474. The minimum atomic E-state index is -0.494. The first-order chi connectivity index (χ1) is 14.0. The summed E-state index contributed by atoms with van der Waals surface area (Å²) in [5.41, 5.74) is 2.70. The summed E-state index contributed by atoms with van der Waals surface area (Å²) < 4.78 is 1.51. The van der Waals surface area contributed by atoms with E-state index in [4.69, 9.17) is 11.6 Å². The highest BCUT2D eigenvalue weighted by Crippen LogP contribution is 2.34. The number of anilines is 2. The molecule has 144 valence electrons. The second-order valence-electron chi connectivity index (χ2n) is 6.59. The Hall–Kier alpha value is -3.57. The molecule has 0 aliphatic carbocycles. The maximum Gasteiger partial charge on any atom is 0.323 e. The zero-order valence-corrected chi connectivity index (χ0v) is 16.4. The van der Waals surface area contributed by atoms with E-state index in [9.17, 15) is 9.59 Å².